The summed E-state index contributed by atoms with van der Waals surface area (Å²) < 4.78 is 0. The summed E-state index contributed by atoms with van der Waals surface area (Å²) in [6.45, 7) is 6.28. The summed E-state index contributed by atoms with van der Waals surface area (Å²) in [5.41, 5.74) is 11.5. The first-order valence-electron chi connectivity index (χ1n) is 13.4. The Morgan fingerprint density at radius 2 is 0.410 bits per heavy atom. The van der Waals surface area contributed by atoms with Crippen LogP contribution in [0.3, 0.4) is 0 Å². The lowest BCUT2D eigenvalue weighted by molar-refractivity contribution is 1.40. The number of hydrogen-bond donors (Lipinski definition) is 0. The van der Waals surface area contributed by atoms with Gasteiger partial charge in [0.25, 0.3) is 0 Å². The minimum atomic E-state index is 1.24. The number of rotatable bonds is 3. The van der Waals surface area contributed by atoms with Crippen LogP contribution in [0.4, 0.5) is 0 Å². The van der Waals surface area contributed by atoms with E-state index in [0.29, 0.717) is 0 Å². The molecule has 0 fully saturated rings. The summed E-state index contributed by atoms with van der Waals surface area (Å²) in [4.78, 5) is 0. The summed E-state index contributed by atoms with van der Waals surface area (Å²) in [5.74, 6) is 0. The van der Waals surface area contributed by atoms with Gasteiger partial charge in [0.1, 0.15) is 0 Å². The topological polar surface area (TPSA) is 0 Å². The summed E-state index contributed by atoms with van der Waals surface area (Å²) in [6, 6.07) is 57.2. The van der Waals surface area contributed by atoms with E-state index in [2.05, 4.69) is 154 Å². The van der Waals surface area contributed by atoms with Crippen LogP contribution in [0.1, 0.15) is 16.7 Å². The Bertz CT molecular complexity index is 1390. The Labute approximate surface area is 234 Å². The van der Waals surface area contributed by atoms with Crippen molar-refractivity contribution in [1.82, 2.24) is 0 Å². The van der Waals surface area contributed by atoms with Gasteiger partial charge in [-0.2, -0.15) is 0 Å². The zero-order valence-electron chi connectivity index (χ0n) is 23.1. The average molecular weight is 505 g/mol. The molecule has 39 heavy (non-hydrogen) atoms. The van der Waals surface area contributed by atoms with Crippen molar-refractivity contribution in [3.05, 3.63) is 180 Å². The normalized spacial score (nSPS) is 9.92. The van der Waals surface area contributed by atoms with Crippen LogP contribution in [0.5, 0.6) is 0 Å². The molecule has 0 unspecified atom stereocenters. The second-order valence-corrected chi connectivity index (χ2v) is 9.70. The third kappa shape index (κ3) is 8.69. The van der Waals surface area contributed by atoms with Crippen molar-refractivity contribution in [3.8, 4) is 33.4 Å². The average Bonchev–Trinajstić information content (AvgIpc) is 3.01. The van der Waals surface area contributed by atoms with Crippen molar-refractivity contribution in [1.29, 1.82) is 0 Å². The van der Waals surface area contributed by atoms with Crippen LogP contribution in [0.15, 0.2) is 164 Å². The molecule has 0 heteroatoms. The van der Waals surface area contributed by atoms with E-state index in [-0.39, 0.29) is 0 Å². The van der Waals surface area contributed by atoms with Crippen LogP contribution in [-0.2, 0) is 0 Å². The van der Waals surface area contributed by atoms with Gasteiger partial charge in [-0.1, -0.05) is 180 Å². The third-order valence-electron chi connectivity index (χ3n) is 6.48. The Morgan fingerprint density at radius 1 is 0.205 bits per heavy atom. The van der Waals surface area contributed by atoms with Crippen LogP contribution in [-0.4, -0.2) is 0 Å². The molecular formula is C39H36. The van der Waals surface area contributed by atoms with E-state index in [1.807, 2.05) is 30.3 Å². The molecule has 0 saturated carbocycles. The van der Waals surface area contributed by atoms with E-state index >= 15 is 0 Å². The minimum Gasteiger partial charge on any atom is -0.0622 e. The molecule has 0 aliphatic heterocycles. The lowest BCUT2D eigenvalue weighted by Gasteiger charge is -2.07. The summed E-state index contributed by atoms with van der Waals surface area (Å²) in [6.07, 6.45) is 0. The highest BCUT2D eigenvalue weighted by molar-refractivity contribution is 5.73. The monoisotopic (exact) mass is 504 g/mol. The maximum absolute atomic E-state index is 2.19. The molecule has 0 nitrogen and oxygen atoms in total. The molecule has 0 atom stereocenters. The van der Waals surface area contributed by atoms with Crippen LogP contribution in [0.25, 0.3) is 33.4 Å². The molecule has 0 N–H and O–H groups in total. The molecule has 0 spiro atoms. The van der Waals surface area contributed by atoms with Gasteiger partial charge in [-0.25, -0.2) is 0 Å². The predicted octanol–water partition coefficient (Wildman–Crippen LogP) is 11.0. The van der Waals surface area contributed by atoms with E-state index in [1.165, 1.54) is 50.1 Å². The molecule has 0 saturated heterocycles. The number of aryl methyl sites for hydroxylation is 3. The van der Waals surface area contributed by atoms with Crippen molar-refractivity contribution in [3.63, 3.8) is 0 Å². The molecule has 6 aromatic carbocycles. The van der Waals surface area contributed by atoms with Gasteiger partial charge >= 0.3 is 0 Å². The smallest absolute Gasteiger partial charge is 0.0184 e. The molecule has 0 radical (unpaired) electrons. The number of hydrogen-bond acceptors (Lipinski definition) is 0. The molecule has 6 aromatic rings. The van der Waals surface area contributed by atoms with Crippen LogP contribution in [0.2, 0.25) is 0 Å². The molecule has 0 aliphatic carbocycles. The van der Waals surface area contributed by atoms with E-state index in [1.54, 1.807) is 0 Å². The van der Waals surface area contributed by atoms with Crippen molar-refractivity contribution >= 4 is 0 Å². The van der Waals surface area contributed by atoms with Crippen molar-refractivity contribution in [2.24, 2.45) is 0 Å². The first kappa shape index (κ1) is 27.4. The predicted molar refractivity (Wildman–Crippen MR) is 170 cm³/mol. The van der Waals surface area contributed by atoms with Gasteiger partial charge in [-0.15, -0.1) is 0 Å². The minimum absolute atomic E-state index is 1.24. The molecule has 0 aliphatic rings. The molecule has 0 aromatic heterocycles. The third-order valence-corrected chi connectivity index (χ3v) is 6.48. The highest BCUT2D eigenvalue weighted by atomic mass is 14.1. The zero-order valence-corrected chi connectivity index (χ0v) is 23.1. The second-order valence-electron chi connectivity index (χ2n) is 9.70. The lowest BCUT2D eigenvalue weighted by Crippen LogP contribution is -1.81. The Hall–Kier alpha value is -4.68. The highest BCUT2D eigenvalue weighted by Gasteiger charge is 2.01. The first-order valence-corrected chi connectivity index (χ1v) is 13.4. The van der Waals surface area contributed by atoms with Gasteiger partial charge < -0.3 is 0 Å². The van der Waals surface area contributed by atoms with E-state index in [4.69, 9.17) is 0 Å². The van der Waals surface area contributed by atoms with E-state index in [9.17, 15) is 0 Å². The van der Waals surface area contributed by atoms with Crippen molar-refractivity contribution in [2.75, 3.05) is 0 Å². The van der Waals surface area contributed by atoms with Crippen LogP contribution in [0, 0.1) is 20.8 Å². The van der Waals surface area contributed by atoms with Crippen molar-refractivity contribution < 1.29 is 0 Å². The van der Waals surface area contributed by atoms with E-state index < -0.39 is 0 Å². The fourth-order valence-electron chi connectivity index (χ4n) is 4.14. The van der Waals surface area contributed by atoms with Gasteiger partial charge in [-0.05, 0) is 54.2 Å². The molecular weight excluding hydrogens is 468 g/mol. The van der Waals surface area contributed by atoms with Gasteiger partial charge in [0.2, 0.25) is 0 Å². The molecule has 192 valence electrons. The lowest BCUT2D eigenvalue weighted by atomic mass is 9.98. The van der Waals surface area contributed by atoms with E-state index in [0.717, 1.165) is 0 Å². The van der Waals surface area contributed by atoms with Gasteiger partial charge in [0.15, 0.2) is 0 Å². The largest absolute Gasteiger partial charge is 0.0622 e. The van der Waals surface area contributed by atoms with Crippen LogP contribution < -0.4 is 0 Å². The Kier molecular flexibility index (Phi) is 10.0. The SMILES string of the molecule is Cc1ccc(C)cc1.Cc1ccccc1.c1ccc(-c2ccc(-c3ccc(-c4ccccc4)cc3)cc2)cc1. The quantitative estimate of drug-likeness (QED) is 0.225. The standard InChI is InChI=1S/C24H18.C8H10.C7H8/c1-3-7-19(8-4-1)21-11-15-23(16-12-21)24-17-13-22(14-18-24)20-9-5-2-6-10-20;1-7-3-5-8(2)6-4-7;1-7-5-3-2-4-6-7/h1-18H;3-6H,1-2H3;2-6H,1H3. The zero-order chi connectivity index (χ0) is 27.3. The van der Waals surface area contributed by atoms with Gasteiger partial charge in [0, 0.05) is 0 Å². The van der Waals surface area contributed by atoms with Crippen LogP contribution >= 0.6 is 0 Å². The first-order chi connectivity index (χ1) is 19.1. The molecule has 0 heterocycles. The molecule has 6 rings (SSSR count). The summed E-state index contributed by atoms with van der Waals surface area (Å²) >= 11 is 0. The Morgan fingerprint density at radius 3 is 0.641 bits per heavy atom. The molecule has 0 amide bonds. The summed E-state index contributed by atoms with van der Waals surface area (Å²) in [7, 11) is 0. The Balaban J connectivity index is 0.000000191. The van der Waals surface area contributed by atoms with Gasteiger partial charge in [0.05, 0.1) is 0 Å². The second kappa shape index (κ2) is 14.3. The maximum Gasteiger partial charge on any atom is -0.0184 e. The van der Waals surface area contributed by atoms with Gasteiger partial charge in [-0.3, -0.25) is 0 Å². The fourth-order valence-corrected chi connectivity index (χ4v) is 4.14. The maximum atomic E-state index is 2.19. The summed E-state index contributed by atoms with van der Waals surface area (Å²) in [5, 5.41) is 0. The highest BCUT2D eigenvalue weighted by Crippen LogP contribution is 2.27. The van der Waals surface area contributed by atoms with Crippen molar-refractivity contribution in [2.45, 2.75) is 20.8 Å². The molecule has 0 bridgehead atoms. The fraction of sp³-hybridized carbons (Fsp3) is 0.0769. The number of benzene rings is 6.